The average molecular weight is 349 g/mol. The van der Waals surface area contributed by atoms with Crippen LogP contribution in [0.2, 0.25) is 0 Å². The minimum atomic E-state index is 0.704. The maximum atomic E-state index is 5.82. The lowest BCUT2D eigenvalue weighted by molar-refractivity contribution is 0.303. The Morgan fingerprint density at radius 3 is 2.85 bits per heavy atom. The molecule has 5 heteroatoms. The zero-order valence-corrected chi connectivity index (χ0v) is 15.6. The summed E-state index contributed by atoms with van der Waals surface area (Å²) in [7, 11) is 3.76. The molecule has 5 nitrogen and oxygen atoms in total. The van der Waals surface area contributed by atoms with Gasteiger partial charge in [-0.25, -0.2) is 4.99 Å². The van der Waals surface area contributed by atoms with E-state index in [0.29, 0.717) is 6.61 Å². The number of H-pyrrole nitrogens is 1. The van der Waals surface area contributed by atoms with Gasteiger partial charge in [0.05, 0.1) is 25.1 Å². The SMILES string of the molecule is COC1=CC(c2ccc3c(c2)OCCN3C)=N/C1=C\c1[nH]c(C)cc1C. The molecule has 0 saturated heterocycles. The predicted octanol–water partition coefficient (Wildman–Crippen LogP) is 3.83. The van der Waals surface area contributed by atoms with Crippen LogP contribution in [-0.2, 0) is 4.74 Å². The second-order valence-corrected chi connectivity index (χ2v) is 6.74. The standard InChI is InChI=1S/C21H23N3O2/c1-13-9-14(2)22-16(13)11-18-20(25-4)12-17(23-18)15-5-6-19-21(10-15)26-8-7-24(19)3/h5-6,9-12,22H,7-8H2,1-4H3/b18-11-. The summed E-state index contributed by atoms with van der Waals surface area (Å²) in [6.07, 6.45) is 4.01. The van der Waals surface area contributed by atoms with Gasteiger partial charge in [0.25, 0.3) is 0 Å². The van der Waals surface area contributed by atoms with Crippen LogP contribution >= 0.6 is 0 Å². The molecular weight excluding hydrogens is 326 g/mol. The van der Waals surface area contributed by atoms with Crippen molar-refractivity contribution in [2.75, 3.05) is 32.2 Å². The van der Waals surface area contributed by atoms with Crippen molar-refractivity contribution in [3.8, 4) is 5.75 Å². The lowest BCUT2D eigenvalue weighted by Crippen LogP contribution is -2.28. The van der Waals surface area contributed by atoms with Gasteiger partial charge in [0.1, 0.15) is 23.8 Å². The number of nitrogens with one attached hydrogen (secondary N) is 1. The molecule has 3 heterocycles. The number of methoxy groups -OCH3 is 1. The van der Waals surface area contributed by atoms with Gasteiger partial charge in [0, 0.05) is 30.1 Å². The third kappa shape index (κ3) is 2.90. The van der Waals surface area contributed by atoms with Crippen molar-refractivity contribution in [1.29, 1.82) is 0 Å². The number of aromatic amines is 1. The van der Waals surface area contributed by atoms with Crippen molar-refractivity contribution in [3.63, 3.8) is 0 Å². The number of nitrogens with zero attached hydrogens (tertiary/aromatic N) is 2. The van der Waals surface area contributed by atoms with Gasteiger partial charge in [-0.2, -0.15) is 0 Å². The summed E-state index contributed by atoms with van der Waals surface area (Å²) in [5, 5.41) is 0. The molecule has 2 aromatic rings. The average Bonchev–Trinajstić information content (AvgIpc) is 3.17. The molecule has 0 spiro atoms. The Kier molecular flexibility index (Phi) is 4.07. The van der Waals surface area contributed by atoms with E-state index in [-0.39, 0.29) is 0 Å². The lowest BCUT2D eigenvalue weighted by atomic mass is 10.1. The van der Waals surface area contributed by atoms with Crippen LogP contribution in [0.15, 0.2) is 46.8 Å². The van der Waals surface area contributed by atoms with E-state index >= 15 is 0 Å². The second kappa shape index (κ2) is 6.41. The van der Waals surface area contributed by atoms with Crippen molar-refractivity contribution in [2.24, 2.45) is 4.99 Å². The molecule has 1 aromatic heterocycles. The van der Waals surface area contributed by atoms with Gasteiger partial charge in [0.15, 0.2) is 0 Å². The molecule has 2 aliphatic rings. The van der Waals surface area contributed by atoms with E-state index in [9.17, 15) is 0 Å². The number of aliphatic imine (C=N–C) groups is 1. The number of allylic oxidation sites excluding steroid dienone is 1. The van der Waals surface area contributed by atoms with Gasteiger partial charge in [-0.15, -0.1) is 0 Å². The van der Waals surface area contributed by atoms with E-state index in [1.807, 2.05) is 12.2 Å². The van der Waals surface area contributed by atoms with Gasteiger partial charge in [0.2, 0.25) is 0 Å². The molecule has 0 atom stereocenters. The Balaban J connectivity index is 1.71. The molecule has 0 aliphatic carbocycles. The van der Waals surface area contributed by atoms with Gasteiger partial charge >= 0.3 is 0 Å². The van der Waals surface area contributed by atoms with Gasteiger partial charge in [-0.1, -0.05) is 6.07 Å². The lowest BCUT2D eigenvalue weighted by Gasteiger charge is -2.27. The van der Waals surface area contributed by atoms with E-state index in [1.165, 1.54) is 5.56 Å². The van der Waals surface area contributed by atoms with Crippen molar-refractivity contribution in [1.82, 2.24) is 4.98 Å². The largest absolute Gasteiger partial charge is 0.494 e. The summed E-state index contributed by atoms with van der Waals surface area (Å²) < 4.78 is 11.4. The normalized spacial score (nSPS) is 17.7. The number of likely N-dealkylation sites (N-methyl/N-ethyl adjacent to an activating group) is 1. The predicted molar refractivity (Wildman–Crippen MR) is 105 cm³/mol. The Bertz CT molecular complexity index is 950. The van der Waals surface area contributed by atoms with Crippen molar-refractivity contribution >= 4 is 17.5 Å². The fraction of sp³-hybridized carbons (Fsp3) is 0.286. The number of aromatic nitrogens is 1. The van der Waals surface area contributed by atoms with E-state index in [4.69, 9.17) is 14.5 Å². The molecule has 26 heavy (non-hydrogen) atoms. The minimum Gasteiger partial charge on any atom is -0.494 e. The highest BCUT2D eigenvalue weighted by Gasteiger charge is 2.20. The first-order chi connectivity index (χ1) is 12.5. The molecular formula is C21H23N3O2. The molecule has 4 rings (SSSR count). The summed E-state index contributed by atoms with van der Waals surface area (Å²) in [5.74, 6) is 1.67. The summed E-state index contributed by atoms with van der Waals surface area (Å²) >= 11 is 0. The number of benzene rings is 1. The van der Waals surface area contributed by atoms with Crippen LogP contribution in [0.3, 0.4) is 0 Å². The fourth-order valence-electron chi connectivity index (χ4n) is 3.38. The quantitative estimate of drug-likeness (QED) is 0.916. The highest BCUT2D eigenvalue weighted by atomic mass is 16.5. The second-order valence-electron chi connectivity index (χ2n) is 6.74. The Morgan fingerprint density at radius 1 is 1.27 bits per heavy atom. The number of fused-ring (bicyclic) bond motifs is 1. The first kappa shape index (κ1) is 16.5. The van der Waals surface area contributed by atoms with Crippen LogP contribution in [0, 0.1) is 13.8 Å². The first-order valence-electron chi connectivity index (χ1n) is 8.76. The van der Waals surface area contributed by atoms with Crippen molar-refractivity contribution < 1.29 is 9.47 Å². The number of anilines is 1. The van der Waals surface area contributed by atoms with E-state index in [2.05, 4.69) is 55.0 Å². The number of rotatable bonds is 3. The topological polar surface area (TPSA) is 49.9 Å². The highest BCUT2D eigenvalue weighted by molar-refractivity contribution is 6.12. The van der Waals surface area contributed by atoms with Gasteiger partial charge < -0.3 is 19.4 Å². The van der Waals surface area contributed by atoms with E-state index in [0.717, 1.165) is 52.1 Å². The van der Waals surface area contributed by atoms with Crippen LogP contribution in [0.5, 0.6) is 5.75 Å². The zero-order chi connectivity index (χ0) is 18.3. The zero-order valence-electron chi connectivity index (χ0n) is 15.6. The third-order valence-corrected chi connectivity index (χ3v) is 4.80. The smallest absolute Gasteiger partial charge is 0.146 e. The maximum Gasteiger partial charge on any atom is 0.146 e. The molecule has 1 aromatic carbocycles. The van der Waals surface area contributed by atoms with Crippen molar-refractivity contribution in [2.45, 2.75) is 13.8 Å². The van der Waals surface area contributed by atoms with Gasteiger partial charge in [-0.3, -0.25) is 0 Å². The molecule has 0 unspecified atom stereocenters. The summed E-state index contributed by atoms with van der Waals surface area (Å²) in [6, 6.07) is 8.35. The molecule has 134 valence electrons. The van der Waals surface area contributed by atoms with Gasteiger partial charge in [-0.05, 0) is 43.7 Å². The van der Waals surface area contributed by atoms with Crippen LogP contribution in [0.4, 0.5) is 5.69 Å². The number of hydrogen-bond donors (Lipinski definition) is 1. The molecule has 0 amide bonds. The number of hydrogen-bond acceptors (Lipinski definition) is 4. The molecule has 0 fully saturated rings. The van der Waals surface area contributed by atoms with E-state index < -0.39 is 0 Å². The number of ether oxygens (including phenoxy) is 2. The Morgan fingerprint density at radius 2 is 2.12 bits per heavy atom. The Labute approximate surface area is 153 Å². The fourth-order valence-corrected chi connectivity index (χ4v) is 3.38. The molecule has 1 N–H and O–H groups in total. The van der Waals surface area contributed by atoms with Crippen LogP contribution in [0.1, 0.15) is 22.5 Å². The molecule has 0 radical (unpaired) electrons. The minimum absolute atomic E-state index is 0.704. The summed E-state index contributed by atoms with van der Waals surface area (Å²) in [5.41, 5.74) is 7.23. The Hall–Kier alpha value is -2.95. The molecule has 0 bridgehead atoms. The maximum absolute atomic E-state index is 5.82. The molecule has 2 aliphatic heterocycles. The van der Waals surface area contributed by atoms with Crippen LogP contribution in [-0.4, -0.2) is 38.0 Å². The van der Waals surface area contributed by atoms with E-state index in [1.54, 1.807) is 7.11 Å². The van der Waals surface area contributed by atoms with Crippen LogP contribution in [0.25, 0.3) is 6.08 Å². The highest BCUT2D eigenvalue weighted by Crippen LogP contribution is 2.33. The van der Waals surface area contributed by atoms with Crippen molar-refractivity contribution in [3.05, 3.63) is 64.3 Å². The monoisotopic (exact) mass is 349 g/mol. The molecule has 0 saturated carbocycles. The number of aryl methyl sites for hydroxylation is 2. The first-order valence-corrected chi connectivity index (χ1v) is 8.76. The summed E-state index contributed by atoms with van der Waals surface area (Å²) in [6.45, 7) is 5.75. The third-order valence-electron chi connectivity index (χ3n) is 4.80. The van der Waals surface area contributed by atoms with Crippen LogP contribution < -0.4 is 9.64 Å². The summed E-state index contributed by atoms with van der Waals surface area (Å²) in [4.78, 5) is 10.4.